The second kappa shape index (κ2) is 4.04. The Labute approximate surface area is 81.3 Å². The number of esters is 1. The number of ether oxygens (including phenoxy) is 1. The van der Waals surface area contributed by atoms with E-state index >= 15 is 0 Å². The Morgan fingerprint density at radius 1 is 1.36 bits per heavy atom. The van der Waals surface area contributed by atoms with E-state index in [1.165, 1.54) is 0 Å². The van der Waals surface area contributed by atoms with E-state index in [0.29, 0.717) is 0 Å². The fourth-order valence-corrected chi connectivity index (χ4v) is 1.02. The molecule has 0 radical (unpaired) electrons. The lowest BCUT2D eigenvalue weighted by Crippen LogP contribution is -2.36. The zero-order valence-corrected chi connectivity index (χ0v) is 8.02. The summed E-state index contributed by atoms with van der Waals surface area (Å²) in [5.41, 5.74) is 0. The summed E-state index contributed by atoms with van der Waals surface area (Å²) in [6.07, 6.45) is 2.01. The maximum absolute atomic E-state index is 11.1. The molecule has 0 aliphatic carbocycles. The maximum Gasteiger partial charge on any atom is 0.326 e. The molecule has 0 aromatic rings. The van der Waals surface area contributed by atoms with Crippen LogP contribution in [0.1, 0.15) is 13.8 Å². The van der Waals surface area contributed by atoms with Gasteiger partial charge in [-0.25, -0.2) is 0 Å². The molecule has 0 aromatic carbocycles. The summed E-state index contributed by atoms with van der Waals surface area (Å²) in [7, 11) is 0. The van der Waals surface area contributed by atoms with Crippen molar-refractivity contribution in [2.24, 2.45) is 0 Å². The molecule has 0 spiro atoms. The molecule has 0 saturated carbocycles. The highest BCUT2D eigenvalue weighted by atomic mass is 16.5. The topological polar surface area (TPSA) is 63.7 Å². The summed E-state index contributed by atoms with van der Waals surface area (Å²) in [5.74, 6) is -1.53. The fourth-order valence-electron chi connectivity index (χ4n) is 1.02. The Balaban J connectivity index is 2.49. The van der Waals surface area contributed by atoms with Crippen LogP contribution in [0.2, 0.25) is 0 Å². The molecule has 0 aromatic heterocycles. The molecule has 0 bridgehead atoms. The second-order valence-corrected chi connectivity index (χ2v) is 3.13. The smallest absolute Gasteiger partial charge is 0.326 e. The highest BCUT2D eigenvalue weighted by molar-refractivity contribution is 6.14. The molecule has 1 aliphatic heterocycles. The first kappa shape index (κ1) is 10.4. The van der Waals surface area contributed by atoms with Gasteiger partial charge >= 0.3 is 5.97 Å². The molecule has 5 nitrogen and oxygen atoms in total. The van der Waals surface area contributed by atoms with Gasteiger partial charge in [-0.3, -0.25) is 19.3 Å². The van der Waals surface area contributed by atoms with Crippen molar-refractivity contribution in [2.45, 2.75) is 20.0 Å². The van der Waals surface area contributed by atoms with Gasteiger partial charge in [0.15, 0.2) is 0 Å². The predicted molar refractivity (Wildman–Crippen MR) is 47.1 cm³/mol. The van der Waals surface area contributed by atoms with Gasteiger partial charge in [-0.05, 0) is 13.8 Å². The Morgan fingerprint density at radius 3 is 2.29 bits per heavy atom. The van der Waals surface area contributed by atoms with Crippen molar-refractivity contribution in [3.8, 4) is 0 Å². The molecule has 0 atom stereocenters. The van der Waals surface area contributed by atoms with Gasteiger partial charge in [0.25, 0.3) is 11.8 Å². The van der Waals surface area contributed by atoms with Crippen molar-refractivity contribution in [1.82, 2.24) is 4.90 Å². The van der Waals surface area contributed by atoms with Crippen molar-refractivity contribution in [3.63, 3.8) is 0 Å². The molecule has 1 rings (SSSR count). The van der Waals surface area contributed by atoms with Crippen molar-refractivity contribution in [3.05, 3.63) is 12.2 Å². The second-order valence-electron chi connectivity index (χ2n) is 3.13. The summed E-state index contributed by atoms with van der Waals surface area (Å²) in [5, 5.41) is 0. The Kier molecular flexibility index (Phi) is 3.01. The fraction of sp³-hybridized carbons (Fsp3) is 0.444. The van der Waals surface area contributed by atoms with E-state index in [1.54, 1.807) is 13.8 Å². The van der Waals surface area contributed by atoms with Crippen LogP contribution in [-0.4, -0.2) is 35.3 Å². The Hall–Kier alpha value is -1.65. The summed E-state index contributed by atoms with van der Waals surface area (Å²) >= 11 is 0. The SMILES string of the molecule is CC(C)OC(=O)CN1C(=O)C=CC1=O. The van der Waals surface area contributed by atoms with Gasteiger partial charge in [0.1, 0.15) is 6.54 Å². The van der Waals surface area contributed by atoms with E-state index in [1.807, 2.05) is 0 Å². The number of hydrogen-bond donors (Lipinski definition) is 0. The lowest BCUT2D eigenvalue weighted by Gasteiger charge is -2.14. The number of carbonyl (C=O) groups is 3. The molecule has 0 N–H and O–H groups in total. The number of amides is 2. The van der Waals surface area contributed by atoms with Crippen molar-refractivity contribution in [1.29, 1.82) is 0 Å². The third kappa shape index (κ3) is 2.42. The number of rotatable bonds is 3. The largest absolute Gasteiger partial charge is 0.462 e. The normalized spacial score (nSPS) is 15.5. The molecule has 14 heavy (non-hydrogen) atoms. The van der Waals surface area contributed by atoms with E-state index in [-0.39, 0.29) is 12.6 Å². The minimum atomic E-state index is -0.578. The van der Waals surface area contributed by atoms with E-state index in [9.17, 15) is 14.4 Å². The van der Waals surface area contributed by atoms with Gasteiger partial charge < -0.3 is 4.74 Å². The minimum Gasteiger partial charge on any atom is -0.462 e. The molecule has 0 unspecified atom stereocenters. The first-order valence-corrected chi connectivity index (χ1v) is 4.23. The van der Waals surface area contributed by atoms with Crippen molar-refractivity contribution >= 4 is 17.8 Å². The monoisotopic (exact) mass is 197 g/mol. The van der Waals surface area contributed by atoms with Crippen molar-refractivity contribution < 1.29 is 19.1 Å². The maximum atomic E-state index is 11.1. The first-order chi connectivity index (χ1) is 6.50. The standard InChI is InChI=1S/C9H11NO4/c1-6(2)14-9(13)5-10-7(11)3-4-8(10)12/h3-4,6H,5H2,1-2H3. The lowest BCUT2D eigenvalue weighted by atomic mass is 10.4. The van der Waals surface area contributed by atoms with Gasteiger partial charge in [0.05, 0.1) is 6.10 Å². The highest BCUT2D eigenvalue weighted by Crippen LogP contribution is 2.03. The van der Waals surface area contributed by atoms with Gasteiger partial charge in [-0.2, -0.15) is 0 Å². The number of carbonyl (C=O) groups excluding carboxylic acids is 3. The quantitative estimate of drug-likeness (QED) is 0.466. The van der Waals surface area contributed by atoms with Crippen LogP contribution in [0.3, 0.4) is 0 Å². The van der Waals surface area contributed by atoms with E-state index in [2.05, 4.69) is 0 Å². The number of hydrogen-bond acceptors (Lipinski definition) is 4. The summed E-state index contributed by atoms with van der Waals surface area (Å²) < 4.78 is 4.80. The predicted octanol–water partition coefficient (Wildman–Crippen LogP) is -0.137. The van der Waals surface area contributed by atoms with Gasteiger partial charge in [-0.15, -0.1) is 0 Å². The average molecular weight is 197 g/mol. The van der Waals surface area contributed by atoms with Gasteiger partial charge in [0.2, 0.25) is 0 Å². The molecular weight excluding hydrogens is 186 g/mol. The van der Waals surface area contributed by atoms with Crippen LogP contribution in [-0.2, 0) is 19.1 Å². The molecule has 0 fully saturated rings. The zero-order chi connectivity index (χ0) is 10.7. The van der Waals surface area contributed by atoms with Gasteiger partial charge in [-0.1, -0.05) is 0 Å². The summed E-state index contributed by atoms with van der Waals surface area (Å²) in [6.45, 7) is 3.08. The van der Waals surface area contributed by atoms with Crippen LogP contribution in [0.5, 0.6) is 0 Å². The molecular formula is C9H11NO4. The average Bonchev–Trinajstić information content (AvgIpc) is 2.34. The van der Waals surface area contributed by atoms with E-state index in [0.717, 1.165) is 17.1 Å². The third-order valence-corrected chi connectivity index (χ3v) is 1.55. The van der Waals surface area contributed by atoms with Crippen LogP contribution in [0.25, 0.3) is 0 Å². The number of nitrogens with zero attached hydrogens (tertiary/aromatic N) is 1. The van der Waals surface area contributed by atoms with Crippen LogP contribution in [0.15, 0.2) is 12.2 Å². The Bertz CT molecular complexity index is 288. The van der Waals surface area contributed by atoms with E-state index in [4.69, 9.17) is 4.74 Å². The van der Waals surface area contributed by atoms with Crippen LogP contribution >= 0.6 is 0 Å². The lowest BCUT2D eigenvalue weighted by molar-refractivity contribution is -0.154. The summed E-state index contributed by atoms with van der Waals surface area (Å²) in [4.78, 5) is 34.0. The van der Waals surface area contributed by atoms with Crippen LogP contribution in [0.4, 0.5) is 0 Å². The number of imide groups is 1. The molecule has 1 aliphatic rings. The molecule has 0 saturated heterocycles. The van der Waals surface area contributed by atoms with Crippen molar-refractivity contribution in [2.75, 3.05) is 6.54 Å². The molecule has 5 heteroatoms. The zero-order valence-electron chi connectivity index (χ0n) is 8.02. The van der Waals surface area contributed by atoms with Crippen LogP contribution in [0, 0.1) is 0 Å². The minimum absolute atomic E-state index is 0.247. The molecule has 76 valence electrons. The molecule has 2 amide bonds. The van der Waals surface area contributed by atoms with Crippen LogP contribution < -0.4 is 0 Å². The van der Waals surface area contributed by atoms with Gasteiger partial charge in [0, 0.05) is 12.2 Å². The first-order valence-electron chi connectivity index (χ1n) is 4.23. The third-order valence-electron chi connectivity index (χ3n) is 1.55. The highest BCUT2D eigenvalue weighted by Gasteiger charge is 2.26. The van der Waals surface area contributed by atoms with E-state index < -0.39 is 17.8 Å². The Morgan fingerprint density at radius 2 is 1.86 bits per heavy atom. The summed E-state index contributed by atoms with van der Waals surface area (Å²) in [6, 6.07) is 0. The molecule has 1 heterocycles.